The summed E-state index contributed by atoms with van der Waals surface area (Å²) in [5, 5.41) is 8.64. The van der Waals surface area contributed by atoms with Crippen molar-refractivity contribution in [2.45, 2.75) is 19.9 Å². The number of anilines is 2. The number of nitrogens with one attached hydrogen (secondary N) is 2. The largest absolute Gasteiger partial charge is 0.378 e. The molecule has 0 saturated heterocycles. The van der Waals surface area contributed by atoms with Crippen LogP contribution in [-0.4, -0.2) is 5.91 Å². The average molecular weight is 374 g/mol. The second-order valence-corrected chi connectivity index (χ2v) is 6.58. The number of carbonyl (C=O) groups excluding carboxylic acids is 1. The Hall–Kier alpha value is -1.04. The minimum absolute atomic E-state index is 0.136. The molecule has 1 amide bonds. The summed E-state index contributed by atoms with van der Waals surface area (Å²) in [5.41, 5.74) is 1.53. The zero-order valence-electron chi connectivity index (χ0n) is 11.0. The normalized spacial score (nSPS) is 12.0. The van der Waals surface area contributed by atoms with E-state index in [1.807, 2.05) is 23.6 Å². The van der Waals surface area contributed by atoms with Crippen molar-refractivity contribution >= 4 is 56.1 Å². The van der Waals surface area contributed by atoms with Crippen molar-refractivity contribution in [2.75, 3.05) is 10.6 Å². The van der Waals surface area contributed by atoms with Gasteiger partial charge in [0.15, 0.2) is 0 Å². The highest BCUT2D eigenvalue weighted by molar-refractivity contribution is 9.10. The summed E-state index contributed by atoms with van der Waals surface area (Å²) in [6, 6.07) is 7.71. The molecular weight excluding hydrogens is 360 g/mol. The Labute approximate surface area is 135 Å². The van der Waals surface area contributed by atoms with Crippen LogP contribution in [0.15, 0.2) is 34.1 Å². The SMILES string of the molecule is CC(=O)Nc1ccc(NC(C)c2sccc2Br)cc1Cl. The number of carbonyl (C=O) groups is 1. The van der Waals surface area contributed by atoms with Gasteiger partial charge in [-0.1, -0.05) is 11.6 Å². The fourth-order valence-corrected chi connectivity index (χ4v) is 3.78. The van der Waals surface area contributed by atoms with Crippen molar-refractivity contribution < 1.29 is 4.79 Å². The van der Waals surface area contributed by atoms with E-state index in [-0.39, 0.29) is 11.9 Å². The third kappa shape index (κ3) is 3.75. The highest BCUT2D eigenvalue weighted by Gasteiger charge is 2.11. The topological polar surface area (TPSA) is 41.1 Å². The summed E-state index contributed by atoms with van der Waals surface area (Å²) < 4.78 is 1.10. The van der Waals surface area contributed by atoms with Gasteiger partial charge in [0.1, 0.15) is 0 Å². The lowest BCUT2D eigenvalue weighted by Crippen LogP contribution is -2.08. The minimum atomic E-state index is -0.136. The van der Waals surface area contributed by atoms with Crippen molar-refractivity contribution in [3.8, 4) is 0 Å². The molecule has 2 aromatic rings. The quantitative estimate of drug-likeness (QED) is 0.764. The van der Waals surface area contributed by atoms with Gasteiger partial charge in [-0.25, -0.2) is 0 Å². The number of amides is 1. The summed E-state index contributed by atoms with van der Waals surface area (Å²) in [7, 11) is 0. The summed E-state index contributed by atoms with van der Waals surface area (Å²) in [5.74, 6) is -0.136. The van der Waals surface area contributed by atoms with Gasteiger partial charge < -0.3 is 10.6 Å². The third-order valence-corrected chi connectivity index (χ3v) is 5.07. The van der Waals surface area contributed by atoms with Crippen molar-refractivity contribution in [3.63, 3.8) is 0 Å². The molecule has 0 bridgehead atoms. The van der Waals surface area contributed by atoms with Crippen molar-refractivity contribution in [2.24, 2.45) is 0 Å². The number of hydrogen-bond donors (Lipinski definition) is 2. The van der Waals surface area contributed by atoms with Gasteiger partial charge >= 0.3 is 0 Å². The van der Waals surface area contributed by atoms with E-state index in [4.69, 9.17) is 11.6 Å². The van der Waals surface area contributed by atoms with Gasteiger partial charge in [-0.2, -0.15) is 0 Å². The van der Waals surface area contributed by atoms with Gasteiger partial charge in [0.05, 0.1) is 16.8 Å². The van der Waals surface area contributed by atoms with E-state index >= 15 is 0 Å². The minimum Gasteiger partial charge on any atom is -0.378 e. The van der Waals surface area contributed by atoms with E-state index < -0.39 is 0 Å². The molecule has 1 heterocycles. The van der Waals surface area contributed by atoms with E-state index in [1.165, 1.54) is 11.8 Å². The first-order valence-electron chi connectivity index (χ1n) is 6.04. The van der Waals surface area contributed by atoms with Crippen molar-refractivity contribution in [1.29, 1.82) is 0 Å². The Kier molecular flexibility index (Phi) is 5.07. The van der Waals surface area contributed by atoms with Crippen LogP contribution in [0.25, 0.3) is 0 Å². The van der Waals surface area contributed by atoms with E-state index in [0.29, 0.717) is 10.7 Å². The Balaban J connectivity index is 2.12. The van der Waals surface area contributed by atoms with Gasteiger partial charge in [-0.15, -0.1) is 11.3 Å². The maximum atomic E-state index is 11.0. The zero-order valence-corrected chi connectivity index (χ0v) is 14.2. The lowest BCUT2D eigenvalue weighted by atomic mass is 10.2. The van der Waals surface area contributed by atoms with Crippen LogP contribution in [0, 0.1) is 0 Å². The molecule has 1 unspecified atom stereocenters. The average Bonchev–Trinajstić information content (AvgIpc) is 2.78. The molecular formula is C14H14BrClN2OS. The molecule has 0 fully saturated rings. The second-order valence-electron chi connectivity index (χ2n) is 4.37. The number of thiophene rings is 1. The van der Waals surface area contributed by atoms with E-state index in [9.17, 15) is 4.79 Å². The van der Waals surface area contributed by atoms with E-state index in [0.717, 1.165) is 10.2 Å². The van der Waals surface area contributed by atoms with Gasteiger partial charge in [0.2, 0.25) is 5.91 Å². The molecule has 2 N–H and O–H groups in total. The molecule has 0 aliphatic rings. The molecule has 20 heavy (non-hydrogen) atoms. The smallest absolute Gasteiger partial charge is 0.221 e. The molecule has 1 aromatic heterocycles. The first-order valence-corrected chi connectivity index (χ1v) is 8.09. The number of hydrogen-bond acceptors (Lipinski definition) is 3. The predicted molar refractivity (Wildman–Crippen MR) is 89.8 cm³/mol. The van der Waals surface area contributed by atoms with Crippen LogP contribution in [0.2, 0.25) is 5.02 Å². The maximum Gasteiger partial charge on any atom is 0.221 e. The van der Waals surface area contributed by atoms with E-state index in [2.05, 4.69) is 33.5 Å². The molecule has 0 saturated carbocycles. The standard InChI is InChI=1S/C14H14BrClN2OS/c1-8(14-11(15)5-6-20-14)17-10-3-4-13(12(16)7-10)18-9(2)19/h3-8,17H,1-2H3,(H,18,19). The lowest BCUT2D eigenvalue weighted by Gasteiger charge is -2.15. The lowest BCUT2D eigenvalue weighted by molar-refractivity contribution is -0.114. The highest BCUT2D eigenvalue weighted by Crippen LogP contribution is 2.32. The summed E-state index contributed by atoms with van der Waals surface area (Å²) >= 11 is 11.4. The molecule has 0 aliphatic carbocycles. The molecule has 3 nitrogen and oxygen atoms in total. The molecule has 1 atom stereocenters. The fourth-order valence-electron chi connectivity index (χ4n) is 1.83. The number of benzene rings is 1. The first-order chi connectivity index (χ1) is 9.47. The Morgan fingerprint density at radius 2 is 2.15 bits per heavy atom. The van der Waals surface area contributed by atoms with Gasteiger partial charge in [0.25, 0.3) is 0 Å². The molecule has 1 aromatic carbocycles. The van der Waals surface area contributed by atoms with Crippen molar-refractivity contribution in [1.82, 2.24) is 0 Å². The Morgan fingerprint density at radius 1 is 1.40 bits per heavy atom. The summed E-state index contributed by atoms with van der Waals surface area (Å²) in [6.45, 7) is 3.55. The molecule has 0 spiro atoms. The van der Waals surface area contributed by atoms with Crippen LogP contribution in [0.1, 0.15) is 24.8 Å². The van der Waals surface area contributed by atoms with Crippen molar-refractivity contribution in [3.05, 3.63) is 44.0 Å². The van der Waals surface area contributed by atoms with E-state index in [1.54, 1.807) is 17.4 Å². The van der Waals surface area contributed by atoms with Crippen LogP contribution in [0.3, 0.4) is 0 Å². The van der Waals surface area contributed by atoms with Crippen LogP contribution in [0.4, 0.5) is 11.4 Å². The van der Waals surface area contributed by atoms with Crippen LogP contribution < -0.4 is 10.6 Å². The zero-order chi connectivity index (χ0) is 14.7. The van der Waals surface area contributed by atoms with Gasteiger partial charge in [0, 0.05) is 22.0 Å². The van der Waals surface area contributed by atoms with Crippen LogP contribution in [0.5, 0.6) is 0 Å². The Bertz CT molecular complexity index is 629. The van der Waals surface area contributed by atoms with Crippen LogP contribution in [-0.2, 0) is 4.79 Å². The number of rotatable bonds is 4. The molecule has 2 rings (SSSR count). The maximum absolute atomic E-state index is 11.0. The highest BCUT2D eigenvalue weighted by atomic mass is 79.9. The molecule has 6 heteroatoms. The molecule has 106 valence electrons. The predicted octanol–water partition coefficient (Wildman–Crippen LogP) is 5.30. The van der Waals surface area contributed by atoms with Gasteiger partial charge in [-0.05, 0) is 52.5 Å². The fraction of sp³-hybridized carbons (Fsp3) is 0.214. The second kappa shape index (κ2) is 6.61. The number of halogens is 2. The third-order valence-electron chi connectivity index (χ3n) is 2.70. The molecule has 0 radical (unpaired) electrons. The Morgan fingerprint density at radius 3 is 2.70 bits per heavy atom. The van der Waals surface area contributed by atoms with Crippen LogP contribution >= 0.6 is 38.9 Å². The molecule has 0 aliphatic heterocycles. The van der Waals surface area contributed by atoms with Gasteiger partial charge in [-0.3, -0.25) is 4.79 Å². The first kappa shape index (κ1) is 15.4. The monoisotopic (exact) mass is 372 g/mol. The summed E-state index contributed by atoms with van der Waals surface area (Å²) in [6.07, 6.45) is 0. The summed E-state index contributed by atoms with van der Waals surface area (Å²) in [4.78, 5) is 12.3.